The number of nitrogens with two attached hydrogens (primary N) is 1. The third-order valence-corrected chi connectivity index (χ3v) is 3.37. The molecule has 110 valence electrons. The molecule has 3 rings (SSSR count). The van der Waals surface area contributed by atoms with Crippen molar-refractivity contribution < 1.29 is 9.18 Å². The van der Waals surface area contributed by atoms with E-state index in [9.17, 15) is 9.18 Å². The maximum Gasteiger partial charge on any atom is 0.284 e. The molecule has 1 heterocycles. The van der Waals surface area contributed by atoms with Crippen molar-refractivity contribution in [2.75, 3.05) is 5.73 Å². The number of anilines is 1. The molecule has 1 aromatic heterocycles. The van der Waals surface area contributed by atoms with Gasteiger partial charge in [-0.2, -0.15) is 9.67 Å². The highest BCUT2D eigenvalue weighted by Crippen LogP contribution is 2.25. The molecule has 0 atom stereocenters. The average molecular weight is 317 g/mol. The van der Waals surface area contributed by atoms with Gasteiger partial charge in [0.25, 0.3) is 5.91 Å². The van der Waals surface area contributed by atoms with Crippen LogP contribution in [-0.2, 0) is 0 Å². The van der Waals surface area contributed by atoms with Crippen molar-refractivity contribution in [1.29, 1.82) is 0 Å². The van der Waals surface area contributed by atoms with Gasteiger partial charge in [-0.3, -0.25) is 4.79 Å². The van der Waals surface area contributed by atoms with Gasteiger partial charge in [0.05, 0.1) is 10.6 Å². The Kier molecular flexibility index (Phi) is 3.60. The summed E-state index contributed by atoms with van der Waals surface area (Å²) in [5.74, 6) is -1.28. The lowest BCUT2D eigenvalue weighted by atomic mass is 10.2. The van der Waals surface area contributed by atoms with E-state index in [4.69, 9.17) is 17.3 Å². The first-order valence-electron chi connectivity index (χ1n) is 6.34. The first-order chi connectivity index (χ1) is 10.6. The normalized spacial score (nSPS) is 10.6. The molecule has 0 aliphatic carbocycles. The number of hydrogen-bond donors (Lipinski definition) is 1. The maximum atomic E-state index is 13.7. The molecule has 0 bridgehead atoms. The summed E-state index contributed by atoms with van der Waals surface area (Å²) in [5.41, 5.74) is 6.12. The van der Waals surface area contributed by atoms with Gasteiger partial charge in [0.1, 0.15) is 5.82 Å². The average Bonchev–Trinajstić information content (AvgIpc) is 2.89. The second-order valence-electron chi connectivity index (χ2n) is 4.47. The lowest BCUT2D eigenvalue weighted by Gasteiger charge is -2.02. The summed E-state index contributed by atoms with van der Waals surface area (Å²) in [6.45, 7) is 0. The van der Waals surface area contributed by atoms with E-state index in [-0.39, 0.29) is 17.3 Å². The van der Waals surface area contributed by atoms with Crippen LogP contribution in [0.2, 0.25) is 5.02 Å². The Morgan fingerprint density at radius 1 is 1.14 bits per heavy atom. The number of nitrogen functional groups attached to an aromatic ring is 1. The van der Waals surface area contributed by atoms with Gasteiger partial charge in [0.15, 0.2) is 5.82 Å². The summed E-state index contributed by atoms with van der Waals surface area (Å²) >= 11 is 6.07. The van der Waals surface area contributed by atoms with Crippen LogP contribution in [0.15, 0.2) is 48.5 Å². The minimum atomic E-state index is -0.693. The lowest BCUT2D eigenvalue weighted by Crippen LogP contribution is -2.17. The van der Waals surface area contributed by atoms with Gasteiger partial charge < -0.3 is 5.73 Å². The molecular formula is C15H10ClFN4O. The Morgan fingerprint density at radius 3 is 2.55 bits per heavy atom. The summed E-state index contributed by atoms with van der Waals surface area (Å²) in [7, 11) is 0. The largest absolute Gasteiger partial charge is 0.368 e. The highest BCUT2D eigenvalue weighted by Gasteiger charge is 2.20. The van der Waals surface area contributed by atoms with Crippen LogP contribution >= 0.6 is 11.6 Å². The van der Waals surface area contributed by atoms with Crippen LogP contribution in [0.5, 0.6) is 0 Å². The summed E-state index contributed by atoms with van der Waals surface area (Å²) in [4.78, 5) is 16.3. The zero-order chi connectivity index (χ0) is 15.7. The number of halogens is 2. The van der Waals surface area contributed by atoms with Crippen LogP contribution in [0, 0.1) is 5.82 Å². The van der Waals surface area contributed by atoms with E-state index in [0.29, 0.717) is 10.6 Å². The second-order valence-corrected chi connectivity index (χ2v) is 4.88. The molecule has 3 aromatic rings. The van der Waals surface area contributed by atoms with Crippen LogP contribution in [0.25, 0.3) is 11.4 Å². The second kappa shape index (κ2) is 5.57. The van der Waals surface area contributed by atoms with E-state index in [1.165, 1.54) is 18.2 Å². The first kappa shape index (κ1) is 14.2. The molecule has 22 heavy (non-hydrogen) atoms. The van der Waals surface area contributed by atoms with Gasteiger partial charge in [0, 0.05) is 5.56 Å². The Bertz CT molecular complexity index is 862. The monoisotopic (exact) mass is 316 g/mol. The zero-order valence-corrected chi connectivity index (χ0v) is 12.0. The maximum absolute atomic E-state index is 13.7. The van der Waals surface area contributed by atoms with Gasteiger partial charge in [-0.05, 0) is 24.3 Å². The quantitative estimate of drug-likeness (QED) is 0.788. The lowest BCUT2D eigenvalue weighted by molar-refractivity contribution is 0.0944. The molecule has 0 spiro atoms. The van der Waals surface area contributed by atoms with Crippen molar-refractivity contribution >= 4 is 23.5 Å². The smallest absolute Gasteiger partial charge is 0.284 e. The molecule has 5 nitrogen and oxygen atoms in total. The molecule has 0 saturated carbocycles. The molecular weight excluding hydrogens is 307 g/mol. The number of benzene rings is 2. The molecule has 7 heteroatoms. The minimum absolute atomic E-state index is 0.134. The SMILES string of the molecule is Nc1nc(-c2ccccc2Cl)nn1C(=O)c1ccccc1F. The van der Waals surface area contributed by atoms with Crippen molar-refractivity contribution in [2.24, 2.45) is 0 Å². The highest BCUT2D eigenvalue weighted by molar-refractivity contribution is 6.33. The highest BCUT2D eigenvalue weighted by atomic mass is 35.5. The van der Waals surface area contributed by atoms with Gasteiger partial charge in [-0.1, -0.05) is 35.9 Å². The van der Waals surface area contributed by atoms with E-state index in [2.05, 4.69) is 10.1 Å². The molecule has 0 saturated heterocycles. The Morgan fingerprint density at radius 2 is 1.82 bits per heavy atom. The first-order valence-corrected chi connectivity index (χ1v) is 6.72. The van der Waals surface area contributed by atoms with Crippen molar-refractivity contribution in [1.82, 2.24) is 14.8 Å². The van der Waals surface area contributed by atoms with Crippen LogP contribution in [-0.4, -0.2) is 20.7 Å². The number of aromatic nitrogens is 3. The van der Waals surface area contributed by atoms with Crippen LogP contribution in [0.3, 0.4) is 0 Å². The summed E-state index contributed by atoms with van der Waals surface area (Å²) < 4.78 is 14.6. The number of nitrogens with zero attached hydrogens (tertiary/aromatic N) is 3. The molecule has 0 fully saturated rings. The molecule has 0 amide bonds. The molecule has 0 aliphatic heterocycles. The number of rotatable bonds is 2. The molecule has 2 N–H and O–H groups in total. The van der Waals surface area contributed by atoms with Gasteiger partial charge in [-0.15, -0.1) is 5.10 Å². The molecule has 0 unspecified atom stereocenters. The van der Waals surface area contributed by atoms with Gasteiger partial charge >= 0.3 is 0 Å². The molecule has 2 aromatic carbocycles. The van der Waals surface area contributed by atoms with Crippen LogP contribution in [0.4, 0.5) is 10.3 Å². The predicted molar refractivity (Wildman–Crippen MR) is 81.0 cm³/mol. The third kappa shape index (κ3) is 2.44. The van der Waals surface area contributed by atoms with Crippen LogP contribution in [0.1, 0.15) is 10.4 Å². The minimum Gasteiger partial charge on any atom is -0.368 e. The van der Waals surface area contributed by atoms with Crippen molar-refractivity contribution in [3.8, 4) is 11.4 Å². The fourth-order valence-electron chi connectivity index (χ4n) is 1.98. The number of hydrogen-bond acceptors (Lipinski definition) is 4. The Balaban J connectivity index is 2.05. The topological polar surface area (TPSA) is 73.8 Å². The van der Waals surface area contributed by atoms with E-state index in [0.717, 1.165) is 4.68 Å². The number of carbonyl (C=O) groups excluding carboxylic acids is 1. The van der Waals surface area contributed by atoms with Crippen molar-refractivity contribution in [3.05, 3.63) is 64.9 Å². The van der Waals surface area contributed by atoms with Gasteiger partial charge in [0.2, 0.25) is 5.95 Å². The number of carbonyl (C=O) groups is 1. The van der Waals surface area contributed by atoms with E-state index in [1.807, 2.05) is 0 Å². The molecule has 0 radical (unpaired) electrons. The third-order valence-electron chi connectivity index (χ3n) is 3.04. The van der Waals surface area contributed by atoms with Crippen molar-refractivity contribution in [2.45, 2.75) is 0 Å². The van der Waals surface area contributed by atoms with Gasteiger partial charge in [-0.25, -0.2) is 4.39 Å². The van der Waals surface area contributed by atoms with E-state index >= 15 is 0 Å². The standard InChI is InChI=1S/C15H10ClFN4O/c16-11-7-3-1-5-9(11)13-19-15(18)21(20-13)14(22)10-6-2-4-8-12(10)17/h1-8H,(H2,18,19,20). The predicted octanol–water partition coefficient (Wildman–Crippen LogP) is 3.01. The van der Waals surface area contributed by atoms with Crippen molar-refractivity contribution in [3.63, 3.8) is 0 Å². The molecule has 0 aliphatic rings. The van der Waals surface area contributed by atoms with E-state index < -0.39 is 11.7 Å². The Hall–Kier alpha value is -2.73. The van der Waals surface area contributed by atoms with E-state index in [1.54, 1.807) is 30.3 Å². The Labute approximate surface area is 130 Å². The summed E-state index contributed by atoms with van der Waals surface area (Å²) in [6, 6.07) is 12.5. The fraction of sp³-hybridized carbons (Fsp3) is 0. The van der Waals surface area contributed by atoms with Crippen LogP contribution < -0.4 is 5.73 Å². The fourth-order valence-corrected chi connectivity index (χ4v) is 2.20. The summed E-state index contributed by atoms with van der Waals surface area (Å²) in [5, 5.41) is 4.47. The summed E-state index contributed by atoms with van der Waals surface area (Å²) in [6.07, 6.45) is 0. The zero-order valence-electron chi connectivity index (χ0n) is 11.2.